The summed E-state index contributed by atoms with van der Waals surface area (Å²) in [5, 5.41) is 0. The Morgan fingerprint density at radius 3 is 2.39 bits per heavy atom. The highest BCUT2D eigenvalue weighted by Gasteiger charge is 2.21. The summed E-state index contributed by atoms with van der Waals surface area (Å²) < 4.78 is 10.9. The van der Waals surface area contributed by atoms with E-state index >= 15 is 0 Å². The van der Waals surface area contributed by atoms with Crippen LogP contribution in [-0.2, 0) is 4.79 Å². The summed E-state index contributed by atoms with van der Waals surface area (Å²) in [4.78, 5) is 16.6. The Morgan fingerprint density at radius 1 is 1.13 bits per heavy atom. The van der Waals surface area contributed by atoms with E-state index in [1.54, 1.807) is 7.11 Å². The van der Waals surface area contributed by atoms with Gasteiger partial charge in [-0.2, -0.15) is 0 Å². The molecule has 1 fully saturated rings. The molecule has 5 heteroatoms. The molecule has 5 nitrogen and oxygen atoms in total. The van der Waals surface area contributed by atoms with Crippen LogP contribution < -0.4 is 9.47 Å². The number of para-hydroxylation sites is 2. The first-order valence-electron chi connectivity index (χ1n) is 8.36. The van der Waals surface area contributed by atoms with Crippen LogP contribution in [0.2, 0.25) is 0 Å². The van der Waals surface area contributed by atoms with Gasteiger partial charge in [-0.05, 0) is 18.1 Å². The zero-order chi connectivity index (χ0) is 16.7. The molecule has 0 spiro atoms. The lowest BCUT2D eigenvalue weighted by Gasteiger charge is -2.35. The second-order valence-corrected chi connectivity index (χ2v) is 6.32. The van der Waals surface area contributed by atoms with E-state index in [2.05, 4.69) is 18.7 Å². The molecule has 0 bridgehead atoms. The van der Waals surface area contributed by atoms with Crippen molar-refractivity contribution >= 4 is 5.91 Å². The Morgan fingerprint density at radius 2 is 1.78 bits per heavy atom. The monoisotopic (exact) mass is 320 g/mol. The van der Waals surface area contributed by atoms with Gasteiger partial charge < -0.3 is 14.4 Å². The number of piperazine rings is 1. The first kappa shape index (κ1) is 17.6. The topological polar surface area (TPSA) is 42.0 Å². The van der Waals surface area contributed by atoms with Gasteiger partial charge in [-0.25, -0.2) is 0 Å². The second kappa shape index (κ2) is 8.77. The summed E-state index contributed by atoms with van der Waals surface area (Å²) in [7, 11) is 1.62. The van der Waals surface area contributed by atoms with Crippen molar-refractivity contribution in [2.45, 2.75) is 20.3 Å². The summed E-state index contributed by atoms with van der Waals surface area (Å²) in [5.41, 5.74) is 0. The van der Waals surface area contributed by atoms with Crippen LogP contribution in [0.3, 0.4) is 0 Å². The van der Waals surface area contributed by atoms with E-state index in [4.69, 9.17) is 9.47 Å². The molecule has 1 amide bonds. The molecule has 128 valence electrons. The number of hydrogen-bond acceptors (Lipinski definition) is 4. The zero-order valence-electron chi connectivity index (χ0n) is 14.5. The van der Waals surface area contributed by atoms with Gasteiger partial charge in [-0.3, -0.25) is 9.69 Å². The van der Waals surface area contributed by atoms with Crippen LogP contribution in [0.15, 0.2) is 24.3 Å². The van der Waals surface area contributed by atoms with Crippen molar-refractivity contribution in [1.29, 1.82) is 0 Å². The predicted molar refractivity (Wildman–Crippen MR) is 91.0 cm³/mol. The zero-order valence-corrected chi connectivity index (χ0v) is 14.5. The number of benzene rings is 1. The predicted octanol–water partition coefficient (Wildman–Crippen LogP) is 2.26. The van der Waals surface area contributed by atoms with E-state index in [9.17, 15) is 4.79 Å². The number of amides is 1. The molecule has 0 unspecified atom stereocenters. The van der Waals surface area contributed by atoms with Crippen molar-refractivity contribution in [1.82, 2.24) is 9.80 Å². The normalized spacial score (nSPS) is 15.7. The van der Waals surface area contributed by atoms with E-state index in [1.165, 1.54) is 0 Å². The summed E-state index contributed by atoms with van der Waals surface area (Å²) in [5.74, 6) is 2.22. The molecule has 0 saturated carbocycles. The highest BCUT2D eigenvalue weighted by atomic mass is 16.5. The van der Waals surface area contributed by atoms with Crippen molar-refractivity contribution in [2.24, 2.45) is 5.92 Å². The lowest BCUT2D eigenvalue weighted by molar-refractivity contribution is -0.133. The highest BCUT2D eigenvalue weighted by molar-refractivity contribution is 5.76. The van der Waals surface area contributed by atoms with Crippen LogP contribution in [0, 0.1) is 5.92 Å². The third-order valence-corrected chi connectivity index (χ3v) is 3.99. The van der Waals surface area contributed by atoms with Gasteiger partial charge in [-0.15, -0.1) is 0 Å². The quantitative estimate of drug-likeness (QED) is 0.773. The van der Waals surface area contributed by atoms with Gasteiger partial charge in [0.1, 0.15) is 0 Å². The van der Waals surface area contributed by atoms with E-state index in [-0.39, 0.29) is 5.91 Å². The molecule has 0 atom stereocenters. The van der Waals surface area contributed by atoms with Crippen LogP contribution in [0.5, 0.6) is 11.5 Å². The smallest absolute Gasteiger partial charge is 0.226 e. The van der Waals surface area contributed by atoms with Crippen LogP contribution in [0.25, 0.3) is 0 Å². The lowest BCUT2D eigenvalue weighted by Crippen LogP contribution is -2.49. The summed E-state index contributed by atoms with van der Waals surface area (Å²) in [6.45, 7) is 9.53. The molecule has 23 heavy (non-hydrogen) atoms. The van der Waals surface area contributed by atoms with Gasteiger partial charge in [0.15, 0.2) is 11.5 Å². The molecule has 1 aliphatic heterocycles. The van der Waals surface area contributed by atoms with Crippen LogP contribution in [0.4, 0.5) is 0 Å². The van der Waals surface area contributed by atoms with Crippen molar-refractivity contribution in [2.75, 3.05) is 46.4 Å². The van der Waals surface area contributed by atoms with Gasteiger partial charge in [0.25, 0.3) is 0 Å². The SMILES string of the molecule is COc1ccccc1OCCC(=O)N1CCN(CC(C)C)CC1. The Kier molecular flexibility index (Phi) is 6.71. The van der Waals surface area contributed by atoms with Crippen LogP contribution in [-0.4, -0.2) is 62.1 Å². The fraction of sp³-hybridized carbons (Fsp3) is 0.611. The number of carbonyl (C=O) groups excluding carboxylic acids is 1. The van der Waals surface area contributed by atoms with Crippen molar-refractivity contribution < 1.29 is 14.3 Å². The van der Waals surface area contributed by atoms with E-state index in [0.717, 1.165) is 32.7 Å². The molecule has 1 aliphatic rings. The Bertz CT molecular complexity index is 497. The molecule has 1 aromatic rings. The Labute approximate surface area is 139 Å². The third-order valence-electron chi connectivity index (χ3n) is 3.99. The van der Waals surface area contributed by atoms with Gasteiger partial charge >= 0.3 is 0 Å². The third kappa shape index (κ3) is 5.43. The first-order valence-corrected chi connectivity index (χ1v) is 8.36. The molecule has 2 rings (SSSR count). The molecule has 0 aliphatic carbocycles. The van der Waals surface area contributed by atoms with E-state index in [1.807, 2.05) is 29.2 Å². The number of rotatable bonds is 7. The fourth-order valence-corrected chi connectivity index (χ4v) is 2.84. The molecule has 1 saturated heterocycles. The number of hydrogen-bond donors (Lipinski definition) is 0. The molecule has 1 heterocycles. The number of nitrogens with zero attached hydrogens (tertiary/aromatic N) is 2. The standard InChI is InChI=1S/C18H28N2O3/c1-15(2)14-19-9-11-20(12-10-19)18(21)8-13-23-17-7-5-4-6-16(17)22-3/h4-7,15H,8-14H2,1-3H3. The molecule has 0 radical (unpaired) electrons. The fourth-order valence-electron chi connectivity index (χ4n) is 2.84. The van der Waals surface area contributed by atoms with Gasteiger partial charge in [-0.1, -0.05) is 26.0 Å². The van der Waals surface area contributed by atoms with Crippen LogP contribution >= 0.6 is 0 Å². The number of ether oxygens (including phenoxy) is 2. The molecule has 0 aromatic heterocycles. The minimum atomic E-state index is 0.170. The largest absolute Gasteiger partial charge is 0.493 e. The molecular formula is C18H28N2O3. The van der Waals surface area contributed by atoms with Gasteiger partial charge in [0, 0.05) is 32.7 Å². The van der Waals surface area contributed by atoms with Crippen molar-refractivity contribution in [3.05, 3.63) is 24.3 Å². The van der Waals surface area contributed by atoms with E-state index < -0.39 is 0 Å². The lowest BCUT2D eigenvalue weighted by atomic mass is 10.2. The van der Waals surface area contributed by atoms with Crippen molar-refractivity contribution in [3.8, 4) is 11.5 Å². The first-order chi connectivity index (χ1) is 11.1. The minimum Gasteiger partial charge on any atom is -0.493 e. The van der Waals surface area contributed by atoms with Crippen molar-refractivity contribution in [3.63, 3.8) is 0 Å². The second-order valence-electron chi connectivity index (χ2n) is 6.32. The maximum Gasteiger partial charge on any atom is 0.226 e. The number of carbonyl (C=O) groups is 1. The maximum absolute atomic E-state index is 12.3. The maximum atomic E-state index is 12.3. The Hall–Kier alpha value is -1.75. The molecule has 0 N–H and O–H groups in total. The molecule has 1 aromatic carbocycles. The summed E-state index contributed by atoms with van der Waals surface area (Å²) >= 11 is 0. The molecular weight excluding hydrogens is 292 g/mol. The van der Waals surface area contributed by atoms with Gasteiger partial charge in [0.2, 0.25) is 5.91 Å². The summed E-state index contributed by atoms with van der Waals surface area (Å²) in [6, 6.07) is 7.50. The van der Waals surface area contributed by atoms with E-state index in [0.29, 0.717) is 30.4 Å². The minimum absolute atomic E-state index is 0.170. The van der Waals surface area contributed by atoms with Crippen LogP contribution in [0.1, 0.15) is 20.3 Å². The highest BCUT2D eigenvalue weighted by Crippen LogP contribution is 2.25. The Balaban J connectivity index is 1.71. The number of methoxy groups -OCH3 is 1. The average Bonchev–Trinajstić information content (AvgIpc) is 2.55. The van der Waals surface area contributed by atoms with Gasteiger partial charge in [0.05, 0.1) is 20.1 Å². The summed E-state index contributed by atoms with van der Waals surface area (Å²) in [6.07, 6.45) is 0.405. The average molecular weight is 320 g/mol.